The van der Waals surface area contributed by atoms with E-state index in [0.717, 1.165) is 31.0 Å². The van der Waals surface area contributed by atoms with Crippen molar-refractivity contribution in [2.75, 3.05) is 25.4 Å². The average molecular weight is 332 g/mol. The van der Waals surface area contributed by atoms with Gasteiger partial charge in [-0.1, -0.05) is 0 Å². The summed E-state index contributed by atoms with van der Waals surface area (Å²) in [6, 6.07) is 7.44. The third-order valence-corrected chi connectivity index (χ3v) is 5.05. The maximum atomic E-state index is 12.6. The van der Waals surface area contributed by atoms with E-state index < -0.39 is 0 Å². The van der Waals surface area contributed by atoms with Gasteiger partial charge in [-0.05, 0) is 31.5 Å². The Balaban J connectivity index is 1.63. The van der Waals surface area contributed by atoms with Gasteiger partial charge in [-0.15, -0.1) is 11.8 Å². The maximum Gasteiger partial charge on any atom is 0.255 e. The molecule has 0 spiro atoms. The Kier molecular flexibility index (Phi) is 5.23. The van der Waals surface area contributed by atoms with Gasteiger partial charge in [0.05, 0.1) is 23.7 Å². The number of aromatic nitrogens is 1. The highest BCUT2D eigenvalue weighted by Crippen LogP contribution is 2.34. The summed E-state index contributed by atoms with van der Waals surface area (Å²) >= 11 is 1.84. The fourth-order valence-electron chi connectivity index (χ4n) is 2.60. The number of hydrogen-bond donors (Lipinski definition) is 0. The highest BCUT2D eigenvalue weighted by Gasteiger charge is 2.24. The second-order valence-corrected chi connectivity index (χ2v) is 6.58. The molecule has 0 bridgehead atoms. The molecule has 122 valence electrons. The summed E-state index contributed by atoms with van der Waals surface area (Å²) in [4.78, 5) is 18.7. The van der Waals surface area contributed by atoms with Gasteiger partial charge in [0.25, 0.3) is 5.91 Å². The van der Waals surface area contributed by atoms with E-state index in [0.29, 0.717) is 23.3 Å². The van der Waals surface area contributed by atoms with Crippen LogP contribution in [0.3, 0.4) is 0 Å². The molecule has 0 aromatic carbocycles. The van der Waals surface area contributed by atoms with Crippen LogP contribution in [0.5, 0.6) is 5.88 Å². The van der Waals surface area contributed by atoms with Crippen LogP contribution in [0.2, 0.25) is 0 Å². The van der Waals surface area contributed by atoms with E-state index in [1.807, 2.05) is 35.7 Å². The molecule has 1 fully saturated rings. The maximum absolute atomic E-state index is 12.6. The third-order valence-electron chi connectivity index (χ3n) is 3.76. The molecule has 1 unspecified atom stereocenters. The molecule has 0 aliphatic carbocycles. The lowest BCUT2D eigenvalue weighted by Crippen LogP contribution is -2.33. The van der Waals surface area contributed by atoms with Crippen molar-refractivity contribution in [2.24, 2.45) is 0 Å². The number of rotatable bonds is 4. The molecule has 2 aromatic heterocycles. The van der Waals surface area contributed by atoms with Gasteiger partial charge in [0, 0.05) is 31.1 Å². The second kappa shape index (κ2) is 7.55. The molecule has 1 saturated heterocycles. The molecule has 0 radical (unpaired) electrons. The van der Waals surface area contributed by atoms with Crippen LogP contribution < -0.4 is 4.74 Å². The van der Waals surface area contributed by atoms with Gasteiger partial charge in [-0.25, -0.2) is 4.98 Å². The fraction of sp³-hybridized carbons (Fsp3) is 0.412. The zero-order valence-corrected chi connectivity index (χ0v) is 13.9. The molecule has 1 aliphatic heterocycles. The van der Waals surface area contributed by atoms with Crippen LogP contribution in [0.15, 0.2) is 41.1 Å². The number of amides is 1. The van der Waals surface area contributed by atoms with Crippen LogP contribution in [0.4, 0.5) is 0 Å². The largest absolute Gasteiger partial charge is 0.478 e. The molecule has 1 amide bonds. The van der Waals surface area contributed by atoms with Crippen molar-refractivity contribution in [1.29, 1.82) is 0 Å². The molecule has 1 aliphatic rings. The normalized spacial score (nSPS) is 18.5. The first-order valence-corrected chi connectivity index (χ1v) is 8.86. The lowest BCUT2D eigenvalue weighted by atomic mass is 10.2. The van der Waals surface area contributed by atoms with E-state index in [1.165, 1.54) is 0 Å². The summed E-state index contributed by atoms with van der Waals surface area (Å²) in [7, 11) is 0. The minimum atomic E-state index is 0.0289. The van der Waals surface area contributed by atoms with E-state index in [2.05, 4.69) is 4.98 Å². The lowest BCUT2D eigenvalue weighted by Gasteiger charge is -2.20. The number of nitrogens with zero attached hydrogens (tertiary/aromatic N) is 2. The van der Waals surface area contributed by atoms with Crippen molar-refractivity contribution >= 4 is 17.7 Å². The van der Waals surface area contributed by atoms with Crippen LogP contribution in [0.25, 0.3) is 0 Å². The molecule has 5 nitrogen and oxygen atoms in total. The molecule has 0 saturated carbocycles. The fourth-order valence-corrected chi connectivity index (χ4v) is 3.78. The van der Waals surface area contributed by atoms with Crippen LogP contribution in [0.1, 0.15) is 34.7 Å². The van der Waals surface area contributed by atoms with Gasteiger partial charge in [-0.3, -0.25) is 4.79 Å². The molecule has 3 heterocycles. The number of thioether (sulfide) groups is 1. The van der Waals surface area contributed by atoms with Crippen LogP contribution in [-0.4, -0.2) is 41.2 Å². The zero-order valence-electron chi connectivity index (χ0n) is 13.1. The van der Waals surface area contributed by atoms with Crippen molar-refractivity contribution in [3.8, 4) is 5.88 Å². The molecule has 0 N–H and O–H groups in total. The van der Waals surface area contributed by atoms with Gasteiger partial charge in [-0.2, -0.15) is 0 Å². The Hall–Kier alpha value is -1.95. The molecule has 2 aromatic rings. The van der Waals surface area contributed by atoms with Crippen LogP contribution in [-0.2, 0) is 0 Å². The molecule has 6 heteroatoms. The van der Waals surface area contributed by atoms with Crippen molar-refractivity contribution in [3.63, 3.8) is 0 Å². The van der Waals surface area contributed by atoms with Crippen LogP contribution >= 0.6 is 11.8 Å². The highest BCUT2D eigenvalue weighted by atomic mass is 32.2. The first kappa shape index (κ1) is 15.9. The van der Waals surface area contributed by atoms with Gasteiger partial charge in [0.15, 0.2) is 0 Å². The minimum Gasteiger partial charge on any atom is -0.478 e. The summed E-state index contributed by atoms with van der Waals surface area (Å²) in [5.41, 5.74) is 0.606. The standard InChI is InChI=1S/C17H20N2O3S/c1-2-21-16-6-5-13(12-18-16)17(20)19-8-7-15(23-11-9-19)14-4-3-10-22-14/h3-6,10,12,15H,2,7-9,11H2,1H3. The van der Waals surface area contributed by atoms with Crippen molar-refractivity contribution in [1.82, 2.24) is 9.88 Å². The van der Waals surface area contributed by atoms with Crippen molar-refractivity contribution in [2.45, 2.75) is 18.6 Å². The molecule has 3 rings (SSSR count). The predicted molar refractivity (Wildman–Crippen MR) is 89.8 cm³/mol. The number of furan rings is 1. The second-order valence-electron chi connectivity index (χ2n) is 5.27. The molecule has 1 atom stereocenters. The van der Waals surface area contributed by atoms with E-state index in [1.54, 1.807) is 24.6 Å². The van der Waals surface area contributed by atoms with Crippen molar-refractivity contribution < 1.29 is 13.9 Å². The summed E-state index contributed by atoms with van der Waals surface area (Å²) in [5.74, 6) is 2.48. The third kappa shape index (κ3) is 3.88. The topological polar surface area (TPSA) is 55.6 Å². The Morgan fingerprint density at radius 3 is 3.04 bits per heavy atom. The Morgan fingerprint density at radius 1 is 1.43 bits per heavy atom. The first-order valence-electron chi connectivity index (χ1n) is 7.81. The number of pyridine rings is 1. The summed E-state index contributed by atoms with van der Waals surface area (Å²) in [5, 5.41) is 0.321. The first-order chi connectivity index (χ1) is 11.3. The Morgan fingerprint density at radius 2 is 2.35 bits per heavy atom. The zero-order chi connectivity index (χ0) is 16.1. The number of carbonyl (C=O) groups is 1. The van der Waals surface area contributed by atoms with Crippen molar-refractivity contribution in [3.05, 3.63) is 48.0 Å². The Bertz CT molecular complexity index is 628. The minimum absolute atomic E-state index is 0.0289. The monoisotopic (exact) mass is 332 g/mol. The lowest BCUT2D eigenvalue weighted by molar-refractivity contribution is 0.0765. The van der Waals surface area contributed by atoms with Crippen LogP contribution in [0, 0.1) is 0 Å². The predicted octanol–water partition coefficient (Wildman–Crippen LogP) is 3.39. The van der Waals surface area contributed by atoms with E-state index >= 15 is 0 Å². The van der Waals surface area contributed by atoms with Gasteiger partial charge >= 0.3 is 0 Å². The number of ether oxygens (including phenoxy) is 1. The number of carbonyl (C=O) groups excluding carboxylic acids is 1. The summed E-state index contributed by atoms with van der Waals surface area (Å²) in [6.07, 6.45) is 4.19. The molecular weight excluding hydrogens is 312 g/mol. The summed E-state index contributed by atoms with van der Waals surface area (Å²) < 4.78 is 10.8. The summed E-state index contributed by atoms with van der Waals surface area (Å²) in [6.45, 7) is 3.95. The SMILES string of the molecule is CCOc1ccc(C(=O)N2CCSC(c3ccco3)CC2)cn1. The van der Waals surface area contributed by atoms with Gasteiger partial charge < -0.3 is 14.1 Å². The van der Waals surface area contributed by atoms with E-state index in [-0.39, 0.29) is 5.91 Å². The molecular formula is C17H20N2O3S. The van der Waals surface area contributed by atoms with Gasteiger partial charge in [0.1, 0.15) is 5.76 Å². The Labute approximate surface area is 140 Å². The number of hydrogen-bond acceptors (Lipinski definition) is 5. The average Bonchev–Trinajstić information content (AvgIpc) is 3.00. The quantitative estimate of drug-likeness (QED) is 0.859. The molecule has 23 heavy (non-hydrogen) atoms. The van der Waals surface area contributed by atoms with E-state index in [9.17, 15) is 4.79 Å². The van der Waals surface area contributed by atoms with Gasteiger partial charge in [0.2, 0.25) is 5.88 Å². The van der Waals surface area contributed by atoms with E-state index in [4.69, 9.17) is 9.15 Å². The smallest absolute Gasteiger partial charge is 0.255 e. The highest BCUT2D eigenvalue weighted by molar-refractivity contribution is 7.99.